The number of carbonyl (C=O) groups excluding carboxylic acids is 1. The van der Waals surface area contributed by atoms with Gasteiger partial charge in [-0.2, -0.15) is 4.37 Å². The number of rotatable bonds is 20. The molecule has 1 aliphatic heterocycles. The molecule has 2 unspecified atom stereocenters. The number of ether oxygens (including phenoxy) is 2. The summed E-state index contributed by atoms with van der Waals surface area (Å²) in [5.41, 5.74) is 2.03. The summed E-state index contributed by atoms with van der Waals surface area (Å²) in [7, 11) is 2.22. The number of carbonyl (C=O) groups is 1. The summed E-state index contributed by atoms with van der Waals surface area (Å²) in [6.07, 6.45) is 19.5. The van der Waals surface area contributed by atoms with Gasteiger partial charge in [-0.15, -0.1) is 4.37 Å². The van der Waals surface area contributed by atoms with Gasteiger partial charge in [0, 0.05) is 24.3 Å². The van der Waals surface area contributed by atoms with Gasteiger partial charge in [0.05, 0.1) is 31.9 Å². The van der Waals surface area contributed by atoms with Crippen LogP contribution in [0.1, 0.15) is 130 Å². The van der Waals surface area contributed by atoms with Crippen molar-refractivity contribution in [2.75, 3.05) is 26.7 Å². The Morgan fingerprint density at radius 1 is 0.947 bits per heavy atom. The Morgan fingerprint density at radius 3 is 2.18 bits per heavy atom. The third-order valence-corrected chi connectivity index (χ3v) is 7.99. The molecule has 1 aromatic rings. The van der Waals surface area contributed by atoms with Crippen LogP contribution in [0.4, 0.5) is 0 Å². The zero-order valence-electron chi connectivity index (χ0n) is 24.8. The van der Waals surface area contributed by atoms with Crippen molar-refractivity contribution < 1.29 is 42.7 Å². The van der Waals surface area contributed by atoms with Gasteiger partial charge in [-0.05, 0) is 12.8 Å². The Balaban J connectivity index is 0.00000722. The van der Waals surface area contributed by atoms with Crippen LogP contribution in [0.15, 0.2) is 6.08 Å². The Bertz CT molecular complexity index is 801. The minimum atomic E-state index is -0.167. The Morgan fingerprint density at radius 2 is 1.55 bits per heavy atom. The minimum absolute atomic E-state index is 0. The van der Waals surface area contributed by atoms with Gasteiger partial charge >= 0.3 is 5.97 Å². The van der Waals surface area contributed by atoms with Crippen LogP contribution in [0.25, 0.3) is 5.57 Å². The first-order chi connectivity index (χ1) is 17.9. The van der Waals surface area contributed by atoms with E-state index in [9.17, 15) is 4.79 Å². The predicted octanol–water partition coefficient (Wildman–Crippen LogP) is 5.18. The fourth-order valence-electron chi connectivity index (χ4n) is 5.38. The molecule has 6 nitrogen and oxygen atoms in total. The number of quaternary nitrogens is 1. The first-order valence-electron chi connectivity index (χ1n) is 15.1. The monoisotopic (exact) mass is 663 g/mol. The molecule has 0 spiro atoms. The van der Waals surface area contributed by atoms with Crippen LogP contribution in [-0.4, -0.2) is 52.2 Å². The molecule has 2 atom stereocenters. The predicted molar refractivity (Wildman–Crippen MR) is 155 cm³/mol. The molecule has 2 rings (SSSR count). The number of likely N-dealkylation sites (N-methyl/N-ethyl adjacent to an activating group) is 1. The average molecular weight is 664 g/mol. The van der Waals surface area contributed by atoms with Crippen molar-refractivity contribution >= 4 is 23.3 Å². The van der Waals surface area contributed by atoms with E-state index >= 15 is 0 Å². The molecule has 8 heteroatoms. The van der Waals surface area contributed by atoms with Crippen LogP contribution in [0.3, 0.4) is 0 Å². The van der Waals surface area contributed by atoms with Crippen LogP contribution in [0, 0.1) is 5.92 Å². The molecule has 0 saturated heterocycles. The van der Waals surface area contributed by atoms with Crippen molar-refractivity contribution in [3.05, 3.63) is 11.8 Å². The molecule has 0 N–H and O–H groups in total. The number of esters is 1. The van der Waals surface area contributed by atoms with E-state index in [2.05, 4.69) is 49.6 Å². The molecule has 220 valence electrons. The van der Waals surface area contributed by atoms with E-state index in [1.54, 1.807) is 0 Å². The second-order valence-electron chi connectivity index (χ2n) is 11.4. The molecule has 38 heavy (non-hydrogen) atoms. The van der Waals surface area contributed by atoms with Crippen LogP contribution >= 0.6 is 11.7 Å². The molecule has 2 heterocycles. The highest BCUT2D eigenvalue weighted by molar-refractivity contribution is 6.99. The highest BCUT2D eigenvalue weighted by Gasteiger charge is 2.41. The van der Waals surface area contributed by atoms with Crippen molar-refractivity contribution in [1.29, 1.82) is 0 Å². The highest BCUT2D eigenvalue weighted by atomic mass is 127. The summed E-state index contributed by atoms with van der Waals surface area (Å²) >= 11 is 1.21. The lowest BCUT2D eigenvalue weighted by Gasteiger charge is -2.44. The lowest BCUT2D eigenvalue weighted by atomic mass is 10.0. The third-order valence-electron chi connectivity index (χ3n) is 7.48. The number of hydrogen-bond donors (Lipinski definition) is 0. The van der Waals surface area contributed by atoms with Crippen molar-refractivity contribution in [3.8, 4) is 5.88 Å². The first kappa shape index (κ1) is 35.3. The molecule has 1 aliphatic rings. The summed E-state index contributed by atoms with van der Waals surface area (Å²) in [6.45, 7) is 11.2. The van der Waals surface area contributed by atoms with Crippen LogP contribution in [0.2, 0.25) is 0 Å². The summed E-state index contributed by atoms with van der Waals surface area (Å²) in [5, 5.41) is 0. The Labute approximate surface area is 254 Å². The summed E-state index contributed by atoms with van der Waals surface area (Å²) in [6, 6.07) is 0. The lowest BCUT2D eigenvalue weighted by Crippen LogP contribution is -3.00. The van der Waals surface area contributed by atoms with Gasteiger partial charge in [0.25, 0.3) is 5.88 Å². The van der Waals surface area contributed by atoms with Crippen LogP contribution < -0.4 is 28.7 Å². The number of aromatic nitrogens is 2. The highest BCUT2D eigenvalue weighted by Crippen LogP contribution is 2.33. The van der Waals surface area contributed by atoms with Crippen LogP contribution in [-0.2, 0) is 9.53 Å². The van der Waals surface area contributed by atoms with Gasteiger partial charge in [0.15, 0.2) is 0 Å². The maximum Gasteiger partial charge on any atom is 0.310 e. The number of nitrogens with zero attached hydrogens (tertiary/aromatic N) is 3. The Kier molecular flexibility index (Phi) is 18.7. The molecule has 0 aromatic carbocycles. The van der Waals surface area contributed by atoms with Gasteiger partial charge in [0.2, 0.25) is 6.23 Å². The molecule has 0 bridgehead atoms. The smallest absolute Gasteiger partial charge is 0.310 e. The second kappa shape index (κ2) is 20.2. The fourth-order valence-corrected chi connectivity index (χ4v) is 5.91. The summed E-state index contributed by atoms with van der Waals surface area (Å²) in [4.78, 5) is 12.8. The summed E-state index contributed by atoms with van der Waals surface area (Å²) in [5.74, 6) is 0.840. The Hall–Kier alpha value is -0.740. The van der Waals surface area contributed by atoms with Crippen molar-refractivity contribution in [3.63, 3.8) is 0 Å². The van der Waals surface area contributed by atoms with Gasteiger partial charge in [-0.1, -0.05) is 104 Å². The largest absolute Gasteiger partial charge is 1.00 e. The zero-order chi connectivity index (χ0) is 26.9. The van der Waals surface area contributed by atoms with Gasteiger partial charge in [0.1, 0.15) is 12.2 Å². The number of unbranched alkanes of at least 4 members (excludes halogenated alkanes) is 11. The third kappa shape index (κ3) is 12.6. The van der Waals surface area contributed by atoms with E-state index in [1.165, 1.54) is 75.9 Å². The minimum Gasteiger partial charge on any atom is -1.00 e. The van der Waals surface area contributed by atoms with Crippen molar-refractivity contribution in [2.24, 2.45) is 5.92 Å². The van der Waals surface area contributed by atoms with Crippen molar-refractivity contribution in [2.45, 2.75) is 130 Å². The van der Waals surface area contributed by atoms with Gasteiger partial charge in [-0.25, -0.2) is 0 Å². The van der Waals surface area contributed by atoms with E-state index in [0.717, 1.165) is 50.0 Å². The van der Waals surface area contributed by atoms with E-state index < -0.39 is 0 Å². The molecule has 0 radical (unpaired) electrons. The topological polar surface area (TPSA) is 61.3 Å². The van der Waals surface area contributed by atoms with E-state index in [1.807, 2.05) is 0 Å². The summed E-state index contributed by atoms with van der Waals surface area (Å²) < 4.78 is 21.9. The fraction of sp³-hybridized carbons (Fsp3) is 0.833. The SMILES string of the molecule is CCCCCCCCCCCC(=O)OC(C(C)C)[N+]1(C)CCC=C(c2nsnc2OCCCCCC)C1.[I-]. The maximum absolute atomic E-state index is 12.8. The quantitative estimate of drug-likeness (QED) is 0.0834. The number of halogens is 1. The number of hydrogen-bond acceptors (Lipinski definition) is 6. The normalized spacial score (nSPS) is 18.1. The van der Waals surface area contributed by atoms with Gasteiger partial charge < -0.3 is 33.5 Å². The van der Waals surface area contributed by atoms with E-state index in [0.29, 0.717) is 23.4 Å². The van der Waals surface area contributed by atoms with Crippen molar-refractivity contribution in [1.82, 2.24) is 8.75 Å². The standard InChI is InChI=1S/C30H54N3O3S.HI/c1-6-8-10-12-13-14-15-16-17-21-27(34)36-30(25(3)4)33(5)22-19-20-26(24-33)28-29(32-37-31-28)35-23-18-11-9-7-2;/h20,25,30H,6-19,21-24H2,1-5H3;1H/q+1;/p-1. The molecule has 0 fully saturated rings. The zero-order valence-corrected chi connectivity index (χ0v) is 27.8. The molecule has 0 aliphatic carbocycles. The van der Waals surface area contributed by atoms with E-state index in [4.69, 9.17) is 9.47 Å². The van der Waals surface area contributed by atoms with E-state index in [-0.39, 0.29) is 42.1 Å². The second-order valence-corrected chi connectivity index (χ2v) is 11.9. The molecule has 0 amide bonds. The van der Waals surface area contributed by atoms with Crippen LogP contribution in [0.5, 0.6) is 5.88 Å². The maximum atomic E-state index is 12.8. The first-order valence-corrected chi connectivity index (χ1v) is 15.8. The molecule has 1 aromatic heterocycles. The average Bonchev–Trinajstić information content (AvgIpc) is 3.34. The lowest BCUT2D eigenvalue weighted by molar-refractivity contribution is -0.950. The van der Waals surface area contributed by atoms with Gasteiger partial charge in [-0.3, -0.25) is 9.28 Å². The molecular formula is C30H54IN3O3S. The molecular weight excluding hydrogens is 609 g/mol. The molecule has 0 saturated carbocycles.